The SMILES string of the molecule is COC(=O)c1cc2c(cc1C(=O)OC)COc1cc3c(cc1OC2)CN(CC(=O)c1cc(N2CCOCC2)c(OC)c(C(C)(C)C)c1)C3=N. The normalized spacial score (nSPS) is 15.5. The first kappa shape index (κ1) is 33.8. The molecule has 0 spiro atoms. The van der Waals surface area contributed by atoms with Gasteiger partial charge in [-0.2, -0.15) is 0 Å². The first-order valence-corrected chi connectivity index (χ1v) is 16.1. The summed E-state index contributed by atoms with van der Waals surface area (Å²) in [7, 11) is 4.15. The Kier molecular flexibility index (Phi) is 9.26. The number of ketones is 1. The molecular formula is C37H41N3O9. The number of nitrogens with zero attached hydrogens (tertiary/aromatic N) is 2. The molecule has 3 aromatic carbocycles. The van der Waals surface area contributed by atoms with E-state index in [4.69, 9.17) is 33.8 Å². The van der Waals surface area contributed by atoms with Gasteiger partial charge in [0.1, 0.15) is 24.8 Å². The molecule has 258 valence electrons. The van der Waals surface area contributed by atoms with Crippen molar-refractivity contribution in [2.45, 2.75) is 45.9 Å². The van der Waals surface area contributed by atoms with Gasteiger partial charge in [0, 0.05) is 36.3 Å². The average Bonchev–Trinajstić information content (AvgIpc) is 3.39. The van der Waals surface area contributed by atoms with E-state index in [0.717, 1.165) is 22.6 Å². The molecule has 3 aromatic rings. The quantitative estimate of drug-likeness (QED) is 0.271. The number of carbonyl (C=O) groups is 3. The summed E-state index contributed by atoms with van der Waals surface area (Å²) >= 11 is 0. The van der Waals surface area contributed by atoms with Crippen molar-refractivity contribution in [3.63, 3.8) is 0 Å². The first-order valence-electron chi connectivity index (χ1n) is 16.1. The number of methoxy groups -OCH3 is 3. The van der Waals surface area contributed by atoms with Crippen molar-refractivity contribution in [1.82, 2.24) is 4.90 Å². The van der Waals surface area contributed by atoms with Crippen molar-refractivity contribution in [3.8, 4) is 17.2 Å². The number of morpholine rings is 1. The summed E-state index contributed by atoms with van der Waals surface area (Å²) in [5, 5.41) is 9.00. The van der Waals surface area contributed by atoms with Gasteiger partial charge in [0.15, 0.2) is 17.3 Å². The highest BCUT2D eigenvalue weighted by atomic mass is 16.5. The summed E-state index contributed by atoms with van der Waals surface area (Å²) < 4.78 is 33.6. The Hall–Kier alpha value is -5.10. The van der Waals surface area contributed by atoms with Gasteiger partial charge >= 0.3 is 11.9 Å². The molecule has 12 heteroatoms. The number of anilines is 1. The highest BCUT2D eigenvalue weighted by molar-refractivity contribution is 6.06. The standard InChI is InChI=1S/C37H41N3O9/c1-37(2,3)28-13-21(14-29(33(28)44-4)39-7-9-47-10-8-39)30(41)18-40-17-22-15-31-32(16-25(22)34(40)38)49-20-24-12-27(36(43)46-6)26(35(42)45-5)11-23(24)19-48-31/h11-16,38H,7-10,17-20H2,1-6H3. The van der Waals surface area contributed by atoms with Crippen molar-refractivity contribution in [3.05, 3.63) is 80.9 Å². The lowest BCUT2D eigenvalue weighted by atomic mass is 9.84. The van der Waals surface area contributed by atoms with Gasteiger partial charge in [0.2, 0.25) is 0 Å². The molecule has 1 N–H and O–H groups in total. The molecule has 0 amide bonds. The molecule has 0 unspecified atom stereocenters. The second kappa shape index (κ2) is 13.4. The molecule has 3 aliphatic heterocycles. The van der Waals surface area contributed by atoms with E-state index in [9.17, 15) is 14.4 Å². The fourth-order valence-electron chi connectivity index (χ4n) is 6.45. The van der Waals surface area contributed by atoms with E-state index in [1.54, 1.807) is 30.2 Å². The number of hydrogen-bond acceptors (Lipinski definition) is 11. The van der Waals surface area contributed by atoms with Crippen LogP contribution in [-0.2, 0) is 39.4 Å². The molecule has 49 heavy (non-hydrogen) atoms. The summed E-state index contributed by atoms with van der Waals surface area (Å²) in [5.74, 6) is 0.430. The van der Waals surface area contributed by atoms with Crippen LogP contribution in [0.2, 0.25) is 0 Å². The van der Waals surface area contributed by atoms with Gasteiger partial charge in [0.25, 0.3) is 0 Å². The van der Waals surface area contributed by atoms with Crippen molar-refractivity contribution in [1.29, 1.82) is 5.41 Å². The number of carbonyl (C=O) groups excluding carboxylic acids is 3. The zero-order valence-electron chi connectivity index (χ0n) is 28.7. The van der Waals surface area contributed by atoms with Crippen LogP contribution in [0.15, 0.2) is 36.4 Å². The Morgan fingerprint density at radius 2 is 1.41 bits per heavy atom. The van der Waals surface area contributed by atoms with Gasteiger partial charge in [-0.15, -0.1) is 0 Å². The minimum absolute atomic E-state index is 0.0103. The smallest absolute Gasteiger partial charge is 0.338 e. The van der Waals surface area contributed by atoms with Crippen molar-refractivity contribution >= 4 is 29.2 Å². The van der Waals surface area contributed by atoms with E-state index in [0.29, 0.717) is 66.6 Å². The number of rotatable bonds is 7. The monoisotopic (exact) mass is 671 g/mol. The van der Waals surface area contributed by atoms with E-state index >= 15 is 0 Å². The Labute approximate surface area is 285 Å². The van der Waals surface area contributed by atoms with Gasteiger partial charge in [-0.3, -0.25) is 10.2 Å². The number of ether oxygens (including phenoxy) is 6. The molecule has 1 fully saturated rings. The molecule has 0 atom stereocenters. The van der Waals surface area contributed by atoms with Crippen LogP contribution in [0.4, 0.5) is 5.69 Å². The number of nitrogens with one attached hydrogen (secondary N) is 1. The van der Waals surface area contributed by atoms with Gasteiger partial charge < -0.3 is 38.2 Å². The maximum Gasteiger partial charge on any atom is 0.338 e. The number of hydrogen-bond donors (Lipinski definition) is 1. The van der Waals surface area contributed by atoms with Crippen LogP contribution in [0.5, 0.6) is 17.2 Å². The number of benzene rings is 3. The lowest BCUT2D eigenvalue weighted by molar-refractivity contribution is 0.0554. The van der Waals surface area contributed by atoms with Crippen LogP contribution >= 0.6 is 0 Å². The zero-order chi connectivity index (χ0) is 35.0. The van der Waals surface area contributed by atoms with E-state index in [2.05, 4.69) is 25.7 Å². The largest absolute Gasteiger partial charge is 0.494 e. The van der Waals surface area contributed by atoms with E-state index < -0.39 is 11.9 Å². The Morgan fingerprint density at radius 1 is 0.816 bits per heavy atom. The molecule has 3 aliphatic rings. The minimum atomic E-state index is -0.672. The van der Waals surface area contributed by atoms with E-state index in [-0.39, 0.29) is 47.9 Å². The van der Waals surface area contributed by atoms with Crippen LogP contribution in [0, 0.1) is 5.41 Å². The number of fused-ring (bicyclic) bond motifs is 3. The third-order valence-corrected chi connectivity index (χ3v) is 9.11. The van der Waals surface area contributed by atoms with Crippen LogP contribution in [-0.4, -0.2) is 82.6 Å². The van der Waals surface area contributed by atoms with Crippen molar-refractivity contribution < 1.29 is 42.8 Å². The Morgan fingerprint density at radius 3 is 1.96 bits per heavy atom. The molecule has 0 radical (unpaired) electrons. The van der Waals surface area contributed by atoms with Gasteiger partial charge in [-0.1, -0.05) is 20.8 Å². The zero-order valence-corrected chi connectivity index (χ0v) is 28.7. The molecule has 1 saturated heterocycles. The van der Waals surface area contributed by atoms with E-state index in [1.165, 1.54) is 14.2 Å². The van der Waals surface area contributed by atoms with Crippen molar-refractivity contribution in [2.24, 2.45) is 0 Å². The number of esters is 2. The second-order valence-corrected chi connectivity index (χ2v) is 13.2. The fraction of sp³-hybridized carbons (Fsp3) is 0.405. The molecule has 0 aliphatic carbocycles. The molecular weight excluding hydrogens is 630 g/mol. The highest BCUT2D eigenvalue weighted by Crippen LogP contribution is 2.41. The second-order valence-electron chi connectivity index (χ2n) is 13.2. The molecule has 0 bridgehead atoms. The fourth-order valence-corrected chi connectivity index (χ4v) is 6.45. The number of amidine groups is 1. The predicted octanol–water partition coefficient (Wildman–Crippen LogP) is 4.90. The molecule has 0 saturated carbocycles. The van der Waals surface area contributed by atoms with Gasteiger partial charge in [-0.25, -0.2) is 9.59 Å². The summed E-state index contributed by atoms with van der Waals surface area (Å²) in [6.45, 7) is 9.44. The van der Waals surface area contributed by atoms with Crippen LogP contribution in [0.1, 0.15) is 79.7 Å². The first-order chi connectivity index (χ1) is 23.4. The Balaban J connectivity index is 1.25. The lowest BCUT2D eigenvalue weighted by Gasteiger charge is -2.33. The Bertz CT molecular complexity index is 1840. The lowest BCUT2D eigenvalue weighted by Crippen LogP contribution is -2.37. The number of Topliss-reactive ketones (excluding diaryl/α,β-unsaturated/α-hetero) is 1. The van der Waals surface area contributed by atoms with Gasteiger partial charge in [0.05, 0.1) is 57.9 Å². The van der Waals surface area contributed by atoms with Gasteiger partial charge in [-0.05, 0) is 58.5 Å². The maximum absolute atomic E-state index is 13.9. The van der Waals surface area contributed by atoms with Crippen LogP contribution in [0.3, 0.4) is 0 Å². The van der Waals surface area contributed by atoms with Crippen molar-refractivity contribution in [2.75, 3.05) is 59.1 Å². The van der Waals surface area contributed by atoms with Crippen LogP contribution < -0.4 is 19.1 Å². The average molecular weight is 672 g/mol. The highest BCUT2D eigenvalue weighted by Gasteiger charge is 2.32. The third-order valence-electron chi connectivity index (χ3n) is 9.11. The summed E-state index contributed by atoms with van der Waals surface area (Å²) in [6.07, 6.45) is 0. The molecule has 12 nitrogen and oxygen atoms in total. The molecule has 6 rings (SSSR count). The molecule has 3 heterocycles. The third kappa shape index (κ3) is 6.52. The summed E-state index contributed by atoms with van der Waals surface area (Å²) in [5.41, 5.74) is 5.01. The maximum atomic E-state index is 13.9. The molecule has 0 aromatic heterocycles. The summed E-state index contributed by atoms with van der Waals surface area (Å²) in [4.78, 5) is 42.8. The predicted molar refractivity (Wildman–Crippen MR) is 181 cm³/mol. The summed E-state index contributed by atoms with van der Waals surface area (Å²) in [6, 6.07) is 10.5. The minimum Gasteiger partial charge on any atom is -0.494 e. The topological polar surface area (TPSA) is 137 Å². The van der Waals surface area contributed by atoms with Crippen LogP contribution in [0.25, 0.3) is 0 Å². The van der Waals surface area contributed by atoms with E-state index in [1.807, 2.05) is 18.2 Å².